The zero-order chi connectivity index (χ0) is 9.84. The van der Waals surface area contributed by atoms with Gasteiger partial charge >= 0.3 is 0 Å². The van der Waals surface area contributed by atoms with Crippen LogP contribution in [0.15, 0.2) is 24.3 Å². The average molecular weight is 187 g/mol. The van der Waals surface area contributed by atoms with Crippen molar-refractivity contribution in [3.05, 3.63) is 39.9 Å². The fourth-order valence-corrected chi connectivity index (χ4v) is 0.894. The molecule has 0 spiro atoms. The highest BCUT2D eigenvalue weighted by Crippen LogP contribution is 2.20. The molecule has 13 heavy (non-hydrogen) atoms. The second-order valence-corrected chi connectivity index (χ2v) is 2.47. The van der Waals surface area contributed by atoms with Gasteiger partial charge in [0.05, 0.1) is 4.92 Å². The van der Waals surface area contributed by atoms with Crippen LogP contribution < -0.4 is 0 Å². The molecule has 1 rings (SSSR count). The molecule has 0 aliphatic heterocycles. The van der Waals surface area contributed by atoms with E-state index in [4.69, 9.17) is 0 Å². The molecule has 0 saturated heterocycles. The second-order valence-electron chi connectivity index (χ2n) is 2.47. The summed E-state index contributed by atoms with van der Waals surface area (Å²) in [5.74, 6) is 0. The normalized spacial score (nSPS) is 12.5. The summed E-state index contributed by atoms with van der Waals surface area (Å²) in [7, 11) is 0. The van der Waals surface area contributed by atoms with Crippen molar-refractivity contribution in [2.24, 2.45) is 0 Å². The molecule has 0 amide bonds. The fraction of sp³-hybridized carbons (Fsp3) is 0.250. The van der Waals surface area contributed by atoms with Crippen LogP contribution in [0.25, 0.3) is 0 Å². The Morgan fingerprint density at radius 1 is 1.38 bits per heavy atom. The molecule has 1 aromatic rings. The Balaban J connectivity index is 2.87. The van der Waals surface area contributed by atoms with Crippen molar-refractivity contribution in [3.63, 3.8) is 0 Å². The average Bonchev–Trinajstić information content (AvgIpc) is 2.17. The lowest BCUT2D eigenvalue weighted by atomic mass is 10.1. The molecule has 0 bridgehead atoms. The van der Waals surface area contributed by atoms with Gasteiger partial charge < -0.3 is 0 Å². The first-order valence-corrected chi connectivity index (χ1v) is 3.59. The highest BCUT2D eigenvalue weighted by Gasteiger charge is 2.10. The van der Waals surface area contributed by atoms with E-state index in [1.54, 1.807) is 0 Å². The third-order valence-electron chi connectivity index (χ3n) is 1.60. The smallest absolute Gasteiger partial charge is 0.258 e. The van der Waals surface area contributed by atoms with E-state index in [1.807, 2.05) is 0 Å². The van der Waals surface area contributed by atoms with Crippen LogP contribution in [0.4, 0.5) is 14.5 Å². The summed E-state index contributed by atoms with van der Waals surface area (Å²) in [6, 6.07) is 4.72. The molecule has 5 heteroatoms. The first kappa shape index (κ1) is 9.57. The van der Waals surface area contributed by atoms with Gasteiger partial charge in [0, 0.05) is 12.1 Å². The number of rotatable bonds is 3. The minimum absolute atomic E-state index is 0.119. The van der Waals surface area contributed by atoms with E-state index in [-0.39, 0.29) is 11.3 Å². The topological polar surface area (TPSA) is 43.1 Å². The van der Waals surface area contributed by atoms with Gasteiger partial charge in [0.25, 0.3) is 5.69 Å². The number of halogens is 2. The maximum atomic E-state index is 12.7. The molecule has 0 fully saturated rings. The number of nitro groups is 1. The number of hydrogen-bond donors (Lipinski definition) is 0. The van der Waals surface area contributed by atoms with Crippen LogP contribution in [-0.4, -0.2) is 11.6 Å². The lowest BCUT2D eigenvalue weighted by Crippen LogP contribution is -1.94. The van der Waals surface area contributed by atoms with Gasteiger partial charge in [0.1, 0.15) is 6.67 Å². The van der Waals surface area contributed by atoms with Crippen molar-refractivity contribution in [1.29, 1.82) is 0 Å². The van der Waals surface area contributed by atoms with Gasteiger partial charge in [-0.05, 0) is 17.7 Å². The largest absolute Gasteiger partial charge is 0.269 e. The van der Waals surface area contributed by atoms with Gasteiger partial charge in [-0.3, -0.25) is 10.1 Å². The summed E-state index contributed by atoms with van der Waals surface area (Å²) < 4.78 is 24.5. The fourth-order valence-electron chi connectivity index (χ4n) is 0.894. The Morgan fingerprint density at radius 2 is 1.92 bits per heavy atom. The maximum absolute atomic E-state index is 12.7. The zero-order valence-electron chi connectivity index (χ0n) is 6.61. The summed E-state index contributed by atoms with van der Waals surface area (Å²) in [6.07, 6.45) is -1.69. The predicted molar refractivity (Wildman–Crippen MR) is 42.9 cm³/mol. The van der Waals surface area contributed by atoms with Gasteiger partial charge in [-0.15, -0.1) is 0 Å². The monoisotopic (exact) mass is 187 g/mol. The summed E-state index contributed by atoms with van der Waals surface area (Å²) in [4.78, 5) is 9.60. The van der Waals surface area contributed by atoms with Gasteiger partial charge in [0.2, 0.25) is 0 Å². The van der Waals surface area contributed by atoms with E-state index >= 15 is 0 Å². The Hall–Kier alpha value is -1.52. The molecule has 1 aromatic carbocycles. The zero-order valence-corrected chi connectivity index (χ0v) is 6.61. The SMILES string of the molecule is O=[N+]([O-])c1ccc([C@H](F)CF)cc1. The number of nitro benzene ring substituents is 1. The Labute approximate surface area is 73.1 Å². The van der Waals surface area contributed by atoms with E-state index in [0.717, 1.165) is 12.1 Å². The third-order valence-corrected chi connectivity index (χ3v) is 1.60. The number of nitrogens with zero attached hydrogens (tertiary/aromatic N) is 1. The Kier molecular flexibility index (Phi) is 2.89. The lowest BCUT2D eigenvalue weighted by Gasteiger charge is -2.01. The highest BCUT2D eigenvalue weighted by molar-refractivity contribution is 5.33. The number of hydrogen-bond acceptors (Lipinski definition) is 2. The van der Waals surface area contributed by atoms with Crippen molar-refractivity contribution in [1.82, 2.24) is 0 Å². The quantitative estimate of drug-likeness (QED) is 0.539. The van der Waals surface area contributed by atoms with Gasteiger partial charge in [0.15, 0.2) is 6.17 Å². The maximum Gasteiger partial charge on any atom is 0.269 e. The van der Waals surface area contributed by atoms with E-state index in [1.165, 1.54) is 12.1 Å². The number of alkyl halides is 2. The van der Waals surface area contributed by atoms with Crippen molar-refractivity contribution in [2.45, 2.75) is 6.17 Å². The van der Waals surface area contributed by atoms with Crippen LogP contribution in [0.1, 0.15) is 11.7 Å². The molecule has 1 atom stereocenters. The van der Waals surface area contributed by atoms with Crippen molar-refractivity contribution in [2.75, 3.05) is 6.67 Å². The van der Waals surface area contributed by atoms with Crippen LogP contribution in [0.5, 0.6) is 0 Å². The molecule has 0 heterocycles. The van der Waals surface area contributed by atoms with Crippen molar-refractivity contribution < 1.29 is 13.7 Å². The molecular weight excluding hydrogens is 180 g/mol. The molecule has 0 aliphatic rings. The third kappa shape index (κ3) is 2.21. The molecule has 70 valence electrons. The molecule has 0 aromatic heterocycles. The molecule has 3 nitrogen and oxygen atoms in total. The van der Waals surface area contributed by atoms with Gasteiger partial charge in [-0.2, -0.15) is 0 Å². The summed E-state index contributed by atoms with van der Waals surface area (Å²) >= 11 is 0. The standard InChI is InChI=1S/C8H7F2NO2/c9-5-8(10)6-1-3-7(4-2-6)11(12)13/h1-4,8H,5H2/t8-/m1/s1. The number of benzene rings is 1. The minimum atomic E-state index is -1.69. The molecule has 0 aliphatic carbocycles. The lowest BCUT2D eigenvalue weighted by molar-refractivity contribution is -0.384. The van der Waals surface area contributed by atoms with Gasteiger partial charge in [-0.1, -0.05) is 0 Å². The van der Waals surface area contributed by atoms with E-state index < -0.39 is 17.8 Å². The van der Waals surface area contributed by atoms with Crippen LogP contribution in [0.3, 0.4) is 0 Å². The Morgan fingerprint density at radius 3 is 2.31 bits per heavy atom. The molecule has 0 unspecified atom stereocenters. The molecular formula is C8H7F2NO2. The van der Waals surface area contributed by atoms with E-state index in [9.17, 15) is 18.9 Å². The van der Waals surface area contributed by atoms with Crippen LogP contribution >= 0.6 is 0 Å². The van der Waals surface area contributed by atoms with Crippen molar-refractivity contribution >= 4 is 5.69 Å². The highest BCUT2D eigenvalue weighted by atomic mass is 19.2. The van der Waals surface area contributed by atoms with Gasteiger partial charge in [-0.25, -0.2) is 8.78 Å². The molecule has 0 radical (unpaired) electrons. The van der Waals surface area contributed by atoms with Crippen LogP contribution in [-0.2, 0) is 0 Å². The summed E-state index contributed by atoms with van der Waals surface area (Å²) in [5.41, 5.74) is -0.0112. The molecule has 0 N–H and O–H groups in total. The summed E-state index contributed by atoms with van der Waals surface area (Å²) in [6.45, 7) is -1.11. The van der Waals surface area contributed by atoms with Crippen LogP contribution in [0, 0.1) is 10.1 Å². The van der Waals surface area contributed by atoms with Crippen LogP contribution in [0.2, 0.25) is 0 Å². The summed E-state index contributed by atoms with van der Waals surface area (Å²) in [5, 5.41) is 10.2. The second kappa shape index (κ2) is 3.93. The van der Waals surface area contributed by atoms with E-state index in [2.05, 4.69) is 0 Å². The van der Waals surface area contributed by atoms with Crippen molar-refractivity contribution in [3.8, 4) is 0 Å². The molecule has 0 saturated carbocycles. The predicted octanol–water partition coefficient (Wildman–Crippen LogP) is 2.57. The minimum Gasteiger partial charge on any atom is -0.258 e. The number of non-ortho nitro benzene ring substituents is 1. The first-order chi connectivity index (χ1) is 6.15. The van der Waals surface area contributed by atoms with E-state index in [0.29, 0.717) is 0 Å². The Bertz CT molecular complexity index is 300. The first-order valence-electron chi connectivity index (χ1n) is 3.59.